The standard InChI is InChI=1S/C14H25NO3/c1-4-15(17,5-2)13-9-7-6-8-10-14(11-13)18-12(3)16/h11,14H,4-10H2,1-3H3/b13-11+. The van der Waals surface area contributed by atoms with Crippen molar-refractivity contribution in [2.45, 2.75) is 59.0 Å². The maximum absolute atomic E-state index is 12.6. The van der Waals surface area contributed by atoms with Gasteiger partial charge in [0.05, 0.1) is 13.1 Å². The van der Waals surface area contributed by atoms with Crippen molar-refractivity contribution in [3.63, 3.8) is 0 Å². The fourth-order valence-electron chi connectivity index (χ4n) is 2.49. The third-order valence-corrected chi connectivity index (χ3v) is 3.66. The van der Waals surface area contributed by atoms with E-state index in [-0.39, 0.29) is 16.7 Å². The third-order valence-electron chi connectivity index (χ3n) is 3.66. The summed E-state index contributed by atoms with van der Waals surface area (Å²) in [6.07, 6.45) is 6.55. The largest absolute Gasteiger partial charge is 0.628 e. The first-order chi connectivity index (χ1) is 8.51. The predicted octanol–water partition coefficient (Wildman–Crippen LogP) is 3.12. The molecule has 18 heavy (non-hydrogen) atoms. The smallest absolute Gasteiger partial charge is 0.303 e. The van der Waals surface area contributed by atoms with Crippen molar-refractivity contribution >= 4 is 5.97 Å². The highest BCUT2D eigenvalue weighted by Crippen LogP contribution is 2.26. The van der Waals surface area contributed by atoms with Gasteiger partial charge in [-0.2, -0.15) is 0 Å². The Kier molecular flexibility index (Phi) is 5.82. The number of esters is 1. The molecule has 0 fully saturated rings. The minimum atomic E-state index is -0.280. The molecule has 0 heterocycles. The number of hydroxylamine groups is 3. The van der Waals surface area contributed by atoms with Crippen molar-refractivity contribution in [2.75, 3.05) is 13.1 Å². The maximum atomic E-state index is 12.6. The Hall–Kier alpha value is -0.870. The van der Waals surface area contributed by atoms with Crippen LogP contribution in [0.4, 0.5) is 0 Å². The van der Waals surface area contributed by atoms with E-state index in [1.54, 1.807) is 0 Å². The van der Waals surface area contributed by atoms with Gasteiger partial charge in [-0.3, -0.25) is 4.79 Å². The van der Waals surface area contributed by atoms with Gasteiger partial charge in [0, 0.05) is 19.4 Å². The number of hydrogen-bond acceptors (Lipinski definition) is 3. The molecule has 1 aliphatic rings. The quantitative estimate of drug-likeness (QED) is 0.440. The summed E-state index contributed by atoms with van der Waals surface area (Å²) in [6, 6.07) is 0. The zero-order valence-electron chi connectivity index (χ0n) is 11.8. The zero-order valence-corrected chi connectivity index (χ0v) is 11.8. The van der Waals surface area contributed by atoms with Gasteiger partial charge in [0.25, 0.3) is 0 Å². The summed E-state index contributed by atoms with van der Waals surface area (Å²) in [7, 11) is 0. The van der Waals surface area contributed by atoms with Crippen LogP contribution >= 0.6 is 0 Å². The number of hydrogen-bond donors (Lipinski definition) is 0. The lowest BCUT2D eigenvalue weighted by Crippen LogP contribution is -2.41. The average molecular weight is 255 g/mol. The van der Waals surface area contributed by atoms with E-state index < -0.39 is 0 Å². The molecule has 0 aromatic carbocycles. The highest BCUT2D eigenvalue weighted by molar-refractivity contribution is 5.66. The molecular weight excluding hydrogens is 230 g/mol. The second-order valence-electron chi connectivity index (χ2n) is 4.93. The van der Waals surface area contributed by atoms with Crippen LogP contribution in [0.5, 0.6) is 0 Å². The topological polar surface area (TPSA) is 49.4 Å². The maximum Gasteiger partial charge on any atom is 0.303 e. The van der Waals surface area contributed by atoms with Crippen LogP contribution in [0.2, 0.25) is 0 Å². The van der Waals surface area contributed by atoms with Crippen LogP contribution in [0.1, 0.15) is 52.9 Å². The van der Waals surface area contributed by atoms with Crippen LogP contribution in [-0.4, -0.2) is 29.8 Å². The molecule has 1 rings (SSSR count). The molecule has 0 amide bonds. The molecule has 0 spiro atoms. The Bertz CT molecular complexity index is 308. The Morgan fingerprint density at radius 2 is 2.06 bits per heavy atom. The molecule has 0 N–H and O–H groups in total. The summed E-state index contributed by atoms with van der Waals surface area (Å²) < 4.78 is 5.00. The van der Waals surface area contributed by atoms with E-state index in [4.69, 9.17) is 4.74 Å². The van der Waals surface area contributed by atoms with Crippen LogP contribution < -0.4 is 0 Å². The number of ether oxygens (including phenoxy) is 1. The van der Waals surface area contributed by atoms with Crippen LogP contribution in [0, 0.1) is 5.21 Å². The number of carbonyl (C=O) groups is 1. The monoisotopic (exact) mass is 255 g/mol. The molecule has 104 valence electrons. The minimum Gasteiger partial charge on any atom is -0.628 e. The Morgan fingerprint density at radius 1 is 1.39 bits per heavy atom. The first-order valence-electron chi connectivity index (χ1n) is 6.98. The lowest BCUT2D eigenvalue weighted by Gasteiger charge is -2.43. The van der Waals surface area contributed by atoms with E-state index in [0.717, 1.165) is 37.8 Å². The van der Waals surface area contributed by atoms with E-state index in [2.05, 4.69) is 0 Å². The molecule has 1 atom stereocenters. The summed E-state index contributed by atoms with van der Waals surface area (Å²) in [6.45, 7) is 6.32. The summed E-state index contributed by atoms with van der Waals surface area (Å²) in [5.41, 5.74) is 0.881. The average Bonchev–Trinajstić information content (AvgIpc) is 2.31. The molecule has 0 aromatic rings. The highest BCUT2D eigenvalue weighted by Gasteiger charge is 2.23. The molecule has 0 bridgehead atoms. The molecule has 4 nitrogen and oxygen atoms in total. The SMILES string of the molecule is CC[N+]([O-])(CC)/C1=C/C(OC(C)=O)CCCCC1. The van der Waals surface area contributed by atoms with Crippen molar-refractivity contribution in [2.24, 2.45) is 0 Å². The highest BCUT2D eigenvalue weighted by atomic mass is 16.6. The van der Waals surface area contributed by atoms with E-state index >= 15 is 0 Å². The van der Waals surface area contributed by atoms with E-state index in [9.17, 15) is 10.0 Å². The van der Waals surface area contributed by atoms with Crippen LogP contribution in [0.3, 0.4) is 0 Å². The molecule has 0 radical (unpaired) electrons. The second-order valence-corrected chi connectivity index (χ2v) is 4.93. The Balaban J connectivity index is 2.91. The predicted molar refractivity (Wildman–Crippen MR) is 71.4 cm³/mol. The molecule has 1 aliphatic carbocycles. The van der Waals surface area contributed by atoms with Gasteiger partial charge in [0.15, 0.2) is 0 Å². The van der Waals surface area contributed by atoms with Gasteiger partial charge in [-0.05, 0) is 33.1 Å². The summed E-state index contributed by atoms with van der Waals surface area (Å²) in [4.78, 5) is 11.1. The number of rotatable bonds is 4. The van der Waals surface area contributed by atoms with Crippen molar-refractivity contribution in [3.05, 3.63) is 17.0 Å². The van der Waals surface area contributed by atoms with Crippen LogP contribution in [-0.2, 0) is 9.53 Å². The molecule has 4 heteroatoms. The van der Waals surface area contributed by atoms with Crippen molar-refractivity contribution in [1.29, 1.82) is 0 Å². The van der Waals surface area contributed by atoms with Gasteiger partial charge in [0.1, 0.15) is 11.8 Å². The van der Waals surface area contributed by atoms with Crippen molar-refractivity contribution < 1.29 is 14.2 Å². The van der Waals surface area contributed by atoms with E-state index in [0.29, 0.717) is 13.1 Å². The van der Waals surface area contributed by atoms with Crippen LogP contribution in [0.15, 0.2) is 11.8 Å². The molecule has 0 saturated carbocycles. The molecule has 0 saturated heterocycles. The normalized spacial score (nSPS) is 24.7. The fraction of sp³-hybridized carbons (Fsp3) is 0.786. The zero-order chi connectivity index (χ0) is 13.6. The summed E-state index contributed by atoms with van der Waals surface area (Å²) in [5, 5.41) is 12.6. The number of allylic oxidation sites excluding steroid dienone is 1. The Morgan fingerprint density at radius 3 is 2.61 bits per heavy atom. The number of carbonyl (C=O) groups excluding carboxylic acids is 1. The van der Waals surface area contributed by atoms with Gasteiger partial charge < -0.3 is 14.6 Å². The van der Waals surface area contributed by atoms with Gasteiger partial charge >= 0.3 is 5.97 Å². The van der Waals surface area contributed by atoms with Gasteiger partial charge in [0.2, 0.25) is 0 Å². The first-order valence-corrected chi connectivity index (χ1v) is 6.98. The summed E-state index contributed by atoms with van der Waals surface area (Å²) >= 11 is 0. The first kappa shape index (κ1) is 15.2. The van der Waals surface area contributed by atoms with Crippen LogP contribution in [0.25, 0.3) is 0 Å². The van der Waals surface area contributed by atoms with E-state index in [1.165, 1.54) is 6.92 Å². The Labute approximate surface area is 110 Å². The van der Waals surface area contributed by atoms with Gasteiger partial charge in [-0.15, -0.1) is 0 Å². The molecule has 0 aliphatic heterocycles. The second kappa shape index (κ2) is 6.90. The fourth-order valence-corrected chi connectivity index (χ4v) is 2.49. The number of quaternary nitrogens is 1. The number of nitrogens with zero attached hydrogens (tertiary/aromatic N) is 1. The lowest BCUT2D eigenvalue weighted by molar-refractivity contribution is -0.840. The molecule has 1 unspecified atom stereocenters. The van der Waals surface area contributed by atoms with Gasteiger partial charge in [-0.1, -0.05) is 6.42 Å². The third kappa shape index (κ3) is 4.10. The van der Waals surface area contributed by atoms with E-state index in [1.807, 2.05) is 19.9 Å². The molecule has 0 aromatic heterocycles. The lowest BCUT2D eigenvalue weighted by atomic mass is 10.0. The van der Waals surface area contributed by atoms with Gasteiger partial charge in [-0.25, -0.2) is 0 Å². The summed E-state index contributed by atoms with van der Waals surface area (Å²) in [5.74, 6) is -0.270. The molecular formula is C14H25NO3. The minimum absolute atomic E-state index is 0.220. The van der Waals surface area contributed by atoms with Crippen molar-refractivity contribution in [1.82, 2.24) is 0 Å². The van der Waals surface area contributed by atoms with Crippen molar-refractivity contribution in [3.8, 4) is 0 Å².